The van der Waals surface area contributed by atoms with Crippen molar-refractivity contribution in [3.8, 4) is 0 Å². The molecule has 0 spiro atoms. The normalized spacial score (nSPS) is 11.7. The number of carbonyl (C=O) groups is 1. The fraction of sp³-hybridized carbons (Fsp3) is 0.0833. The second kappa shape index (κ2) is 6.45. The van der Waals surface area contributed by atoms with E-state index in [4.69, 9.17) is 0 Å². The van der Waals surface area contributed by atoms with E-state index in [0.717, 1.165) is 0 Å². The third kappa shape index (κ3) is 2.81. The van der Waals surface area contributed by atoms with Crippen LogP contribution in [0.3, 0.4) is 0 Å². The van der Waals surface area contributed by atoms with Gasteiger partial charge in [-0.15, -0.1) is 0 Å². The standard InChI is InChI=1S/C12H10O4S.Na/c1-16-12(13)10-6-7-11(17(14)15)9-5-3-2-4-8(9)10;/h2-7H,1H3,(H,14,15);/q;+1/p-1. The van der Waals surface area contributed by atoms with Crippen LogP contribution in [-0.2, 0) is 15.8 Å². The van der Waals surface area contributed by atoms with Crippen LogP contribution in [0, 0.1) is 0 Å². The Hall–Kier alpha value is -0.720. The fourth-order valence-electron chi connectivity index (χ4n) is 1.70. The molecule has 0 aliphatic rings. The molecule has 6 heteroatoms. The van der Waals surface area contributed by atoms with Crippen LogP contribution in [0.1, 0.15) is 10.4 Å². The molecule has 4 nitrogen and oxygen atoms in total. The minimum absolute atomic E-state index is 0. The molecule has 0 N–H and O–H groups in total. The Kier molecular flexibility index (Phi) is 5.49. The van der Waals surface area contributed by atoms with Gasteiger partial charge in [-0.25, -0.2) is 4.79 Å². The van der Waals surface area contributed by atoms with Gasteiger partial charge in [0.05, 0.1) is 12.7 Å². The molecule has 0 saturated carbocycles. The van der Waals surface area contributed by atoms with Crippen molar-refractivity contribution in [3.05, 3.63) is 42.0 Å². The molecule has 2 aromatic carbocycles. The molecule has 1 atom stereocenters. The van der Waals surface area contributed by atoms with Crippen molar-refractivity contribution < 1.29 is 47.9 Å². The van der Waals surface area contributed by atoms with E-state index in [2.05, 4.69) is 4.74 Å². The zero-order valence-corrected chi connectivity index (χ0v) is 12.8. The first kappa shape index (κ1) is 15.3. The van der Waals surface area contributed by atoms with E-state index in [1.54, 1.807) is 24.3 Å². The molecule has 0 aliphatic carbocycles. The predicted molar refractivity (Wildman–Crippen MR) is 62.5 cm³/mol. The summed E-state index contributed by atoms with van der Waals surface area (Å²) >= 11 is -2.33. The first-order valence-corrected chi connectivity index (χ1v) is 5.92. The number of methoxy groups -OCH3 is 1. The first-order valence-electron chi connectivity index (χ1n) is 4.84. The third-order valence-electron chi connectivity index (χ3n) is 2.47. The molecule has 2 rings (SSSR count). The van der Waals surface area contributed by atoms with Crippen molar-refractivity contribution in [2.45, 2.75) is 4.90 Å². The zero-order chi connectivity index (χ0) is 12.4. The van der Waals surface area contributed by atoms with Crippen LogP contribution >= 0.6 is 0 Å². The van der Waals surface area contributed by atoms with Gasteiger partial charge in [0.25, 0.3) is 0 Å². The van der Waals surface area contributed by atoms with Crippen molar-refractivity contribution in [1.82, 2.24) is 0 Å². The molecule has 2 aromatic rings. The Morgan fingerprint density at radius 2 is 1.78 bits per heavy atom. The molecule has 0 saturated heterocycles. The number of rotatable bonds is 2. The summed E-state index contributed by atoms with van der Waals surface area (Å²) in [5.41, 5.74) is 0.359. The van der Waals surface area contributed by atoms with E-state index in [1.807, 2.05) is 0 Å². The van der Waals surface area contributed by atoms with E-state index in [0.29, 0.717) is 16.3 Å². The fourth-order valence-corrected chi connectivity index (χ4v) is 2.24. The van der Waals surface area contributed by atoms with Crippen molar-refractivity contribution in [1.29, 1.82) is 0 Å². The van der Waals surface area contributed by atoms with Gasteiger partial charge in [0, 0.05) is 4.90 Å². The monoisotopic (exact) mass is 272 g/mol. The van der Waals surface area contributed by atoms with Gasteiger partial charge in [-0.05, 0) is 34.0 Å². The van der Waals surface area contributed by atoms with Crippen LogP contribution in [0.5, 0.6) is 0 Å². The molecular formula is C12H9NaO4S. The second-order valence-corrected chi connectivity index (χ2v) is 4.29. The molecule has 0 amide bonds. The van der Waals surface area contributed by atoms with Gasteiger partial charge in [-0.1, -0.05) is 24.3 Å². The number of hydrogen-bond donors (Lipinski definition) is 0. The van der Waals surface area contributed by atoms with Gasteiger partial charge >= 0.3 is 35.5 Å². The summed E-state index contributed by atoms with van der Waals surface area (Å²) in [6, 6.07) is 9.67. The minimum atomic E-state index is -2.33. The summed E-state index contributed by atoms with van der Waals surface area (Å²) in [6.07, 6.45) is 0. The average molecular weight is 272 g/mol. The summed E-state index contributed by atoms with van der Waals surface area (Å²) < 4.78 is 26.8. The number of carbonyl (C=O) groups excluding carboxylic acids is 1. The maximum absolute atomic E-state index is 11.5. The van der Waals surface area contributed by atoms with Gasteiger partial charge in [0.15, 0.2) is 0 Å². The number of benzene rings is 2. The van der Waals surface area contributed by atoms with Gasteiger partial charge < -0.3 is 9.29 Å². The largest absolute Gasteiger partial charge is 1.00 e. The minimum Gasteiger partial charge on any atom is -0.768 e. The summed E-state index contributed by atoms with van der Waals surface area (Å²) in [6.45, 7) is 0. The Bertz CT molecular complexity index is 612. The Balaban J connectivity index is 0.00000162. The molecule has 0 heterocycles. The molecule has 0 fully saturated rings. The maximum atomic E-state index is 11.5. The van der Waals surface area contributed by atoms with Crippen molar-refractivity contribution >= 4 is 27.8 Å². The van der Waals surface area contributed by atoms with E-state index in [1.165, 1.54) is 19.2 Å². The Morgan fingerprint density at radius 1 is 1.17 bits per heavy atom. The predicted octanol–water partition coefficient (Wildman–Crippen LogP) is -1.13. The number of fused-ring (bicyclic) bond motifs is 1. The maximum Gasteiger partial charge on any atom is 1.00 e. The van der Waals surface area contributed by atoms with Crippen LogP contribution in [0.25, 0.3) is 10.8 Å². The second-order valence-electron chi connectivity index (χ2n) is 3.38. The van der Waals surface area contributed by atoms with Crippen molar-refractivity contribution in [2.24, 2.45) is 0 Å². The molecule has 18 heavy (non-hydrogen) atoms. The van der Waals surface area contributed by atoms with Gasteiger partial charge in [-0.3, -0.25) is 4.21 Å². The van der Waals surface area contributed by atoms with Gasteiger partial charge in [-0.2, -0.15) is 0 Å². The number of esters is 1. The SMILES string of the molecule is COC(=O)c1ccc(S(=O)[O-])c2ccccc12.[Na+]. The van der Waals surface area contributed by atoms with Crippen LogP contribution in [0.15, 0.2) is 41.3 Å². The van der Waals surface area contributed by atoms with Crippen molar-refractivity contribution in [3.63, 3.8) is 0 Å². The summed E-state index contributed by atoms with van der Waals surface area (Å²) in [5, 5.41) is 1.09. The van der Waals surface area contributed by atoms with Gasteiger partial charge in [0.1, 0.15) is 0 Å². The molecule has 1 unspecified atom stereocenters. The molecule has 0 aliphatic heterocycles. The molecule has 88 valence electrons. The number of hydrogen-bond acceptors (Lipinski definition) is 4. The quantitative estimate of drug-likeness (QED) is 0.394. The van der Waals surface area contributed by atoms with E-state index >= 15 is 0 Å². The zero-order valence-electron chi connectivity index (χ0n) is 10.0. The van der Waals surface area contributed by atoms with Crippen LogP contribution in [0.4, 0.5) is 0 Å². The Labute approximate surface area is 129 Å². The van der Waals surface area contributed by atoms with Crippen LogP contribution in [-0.4, -0.2) is 21.8 Å². The summed E-state index contributed by atoms with van der Waals surface area (Å²) in [7, 11) is 1.29. The Morgan fingerprint density at radius 3 is 2.33 bits per heavy atom. The van der Waals surface area contributed by atoms with Crippen molar-refractivity contribution in [2.75, 3.05) is 7.11 Å². The topological polar surface area (TPSA) is 66.4 Å². The van der Waals surface area contributed by atoms with E-state index < -0.39 is 17.0 Å². The third-order valence-corrected chi connectivity index (χ3v) is 3.18. The molecular weight excluding hydrogens is 263 g/mol. The molecule has 0 bridgehead atoms. The van der Waals surface area contributed by atoms with Gasteiger partial charge in [0.2, 0.25) is 0 Å². The van der Waals surface area contributed by atoms with E-state index in [-0.39, 0.29) is 34.5 Å². The van der Waals surface area contributed by atoms with Crippen LogP contribution < -0.4 is 29.6 Å². The summed E-state index contributed by atoms with van der Waals surface area (Å²) in [5.74, 6) is -0.482. The molecule has 0 radical (unpaired) electrons. The van der Waals surface area contributed by atoms with E-state index in [9.17, 15) is 13.6 Å². The average Bonchev–Trinajstić information content (AvgIpc) is 2.36. The van der Waals surface area contributed by atoms with Crippen LogP contribution in [0.2, 0.25) is 0 Å². The summed E-state index contributed by atoms with van der Waals surface area (Å²) in [4.78, 5) is 11.7. The number of ether oxygens (including phenoxy) is 1. The smallest absolute Gasteiger partial charge is 0.768 e. The first-order chi connectivity index (χ1) is 8.15. The molecule has 0 aromatic heterocycles.